The van der Waals surface area contributed by atoms with Gasteiger partial charge in [-0.05, 0) is 31.4 Å². The predicted molar refractivity (Wildman–Crippen MR) is 87.6 cm³/mol. The van der Waals surface area contributed by atoms with Crippen molar-refractivity contribution < 1.29 is 14.7 Å². The van der Waals surface area contributed by atoms with Gasteiger partial charge >= 0.3 is 5.97 Å². The van der Waals surface area contributed by atoms with E-state index in [1.54, 1.807) is 6.07 Å². The number of nitrogens with zero attached hydrogens (tertiary/aromatic N) is 1. The summed E-state index contributed by atoms with van der Waals surface area (Å²) >= 11 is 0. The van der Waals surface area contributed by atoms with E-state index < -0.39 is 11.9 Å². The molecule has 0 fully saturated rings. The largest absolute Gasteiger partial charge is 0.481 e. The Balaban J connectivity index is 2.40. The first-order chi connectivity index (χ1) is 11.0. The molecule has 122 valence electrons. The van der Waals surface area contributed by atoms with Gasteiger partial charge in [0.15, 0.2) is 0 Å². The van der Waals surface area contributed by atoms with Crippen LogP contribution in [-0.4, -0.2) is 23.5 Å². The van der Waals surface area contributed by atoms with Gasteiger partial charge in [-0.2, -0.15) is 5.26 Å². The second-order valence-corrected chi connectivity index (χ2v) is 5.10. The standard InChI is InChI=1S/C17H21N3O3/c1-13-7-4-5-8-15(13)20-17(23)14(11-18)12-19-10-6-2-3-9-16(21)22/h4-5,7-8,12,19H,2-3,6,9-10H2,1H3,(H,20,23)(H,21,22)/b14-12-. The molecule has 1 amide bonds. The van der Waals surface area contributed by atoms with Crippen LogP contribution in [-0.2, 0) is 9.59 Å². The smallest absolute Gasteiger partial charge is 0.303 e. The molecule has 0 aromatic heterocycles. The van der Waals surface area contributed by atoms with Crippen LogP contribution in [0.2, 0.25) is 0 Å². The number of benzene rings is 1. The van der Waals surface area contributed by atoms with Crippen LogP contribution in [0.5, 0.6) is 0 Å². The van der Waals surface area contributed by atoms with Gasteiger partial charge in [0.05, 0.1) is 0 Å². The maximum absolute atomic E-state index is 12.0. The minimum atomic E-state index is -0.794. The number of nitriles is 1. The molecular weight excluding hydrogens is 294 g/mol. The van der Waals surface area contributed by atoms with Gasteiger partial charge in [-0.3, -0.25) is 9.59 Å². The summed E-state index contributed by atoms with van der Waals surface area (Å²) in [5.74, 6) is -1.25. The molecule has 0 heterocycles. The number of carbonyl (C=O) groups is 2. The van der Waals surface area contributed by atoms with Crippen molar-refractivity contribution in [3.05, 3.63) is 41.6 Å². The van der Waals surface area contributed by atoms with E-state index in [-0.39, 0.29) is 12.0 Å². The van der Waals surface area contributed by atoms with E-state index in [1.165, 1.54) is 6.20 Å². The number of hydrogen-bond acceptors (Lipinski definition) is 4. The number of anilines is 1. The first-order valence-corrected chi connectivity index (χ1v) is 7.47. The lowest BCUT2D eigenvalue weighted by Crippen LogP contribution is -2.17. The number of nitrogens with one attached hydrogen (secondary N) is 2. The molecule has 0 aliphatic carbocycles. The lowest BCUT2D eigenvalue weighted by molar-refractivity contribution is -0.137. The topological polar surface area (TPSA) is 102 Å². The number of unbranched alkanes of at least 4 members (excludes halogenated alkanes) is 2. The summed E-state index contributed by atoms with van der Waals surface area (Å²) in [7, 11) is 0. The highest BCUT2D eigenvalue weighted by molar-refractivity contribution is 6.06. The second-order valence-electron chi connectivity index (χ2n) is 5.10. The second kappa shape index (κ2) is 10.0. The lowest BCUT2D eigenvalue weighted by atomic mass is 10.2. The Labute approximate surface area is 135 Å². The van der Waals surface area contributed by atoms with Crippen molar-refractivity contribution in [2.24, 2.45) is 0 Å². The molecule has 0 bridgehead atoms. The van der Waals surface area contributed by atoms with E-state index in [9.17, 15) is 9.59 Å². The SMILES string of the molecule is Cc1ccccc1NC(=O)/C(C#N)=C\NCCCCCC(=O)O. The van der Waals surface area contributed by atoms with E-state index in [2.05, 4.69) is 10.6 Å². The number of rotatable bonds is 9. The number of aliphatic carboxylic acids is 1. The van der Waals surface area contributed by atoms with Crippen molar-refractivity contribution >= 4 is 17.6 Å². The molecule has 0 radical (unpaired) electrons. The highest BCUT2D eigenvalue weighted by Crippen LogP contribution is 2.13. The third-order valence-corrected chi connectivity index (χ3v) is 3.22. The monoisotopic (exact) mass is 315 g/mol. The normalized spacial score (nSPS) is 10.7. The summed E-state index contributed by atoms with van der Waals surface area (Å²) in [6, 6.07) is 9.21. The van der Waals surface area contributed by atoms with Gasteiger partial charge < -0.3 is 15.7 Å². The van der Waals surface area contributed by atoms with Crippen LogP contribution in [0.15, 0.2) is 36.0 Å². The molecule has 23 heavy (non-hydrogen) atoms. The highest BCUT2D eigenvalue weighted by Gasteiger charge is 2.09. The van der Waals surface area contributed by atoms with Gasteiger partial charge in [0.2, 0.25) is 0 Å². The number of para-hydroxylation sites is 1. The molecule has 0 spiro atoms. The van der Waals surface area contributed by atoms with Crippen molar-refractivity contribution in [1.82, 2.24) is 5.32 Å². The van der Waals surface area contributed by atoms with Gasteiger partial charge in [-0.1, -0.05) is 24.6 Å². The Kier molecular flexibility index (Phi) is 7.94. The van der Waals surface area contributed by atoms with E-state index in [4.69, 9.17) is 10.4 Å². The molecule has 0 unspecified atom stereocenters. The van der Waals surface area contributed by atoms with Crippen LogP contribution in [0.4, 0.5) is 5.69 Å². The van der Waals surface area contributed by atoms with Crippen molar-refractivity contribution in [2.75, 3.05) is 11.9 Å². The molecule has 0 saturated carbocycles. The number of aryl methyl sites for hydroxylation is 1. The Morgan fingerprint density at radius 2 is 2.00 bits per heavy atom. The molecule has 0 aliphatic heterocycles. The lowest BCUT2D eigenvalue weighted by Gasteiger charge is -2.07. The molecule has 0 aliphatic rings. The third-order valence-electron chi connectivity index (χ3n) is 3.22. The zero-order valence-electron chi connectivity index (χ0n) is 13.1. The van der Waals surface area contributed by atoms with Crippen LogP contribution < -0.4 is 10.6 Å². The highest BCUT2D eigenvalue weighted by atomic mass is 16.4. The number of amides is 1. The number of carboxylic acids is 1. The van der Waals surface area contributed by atoms with Crippen LogP contribution in [0.25, 0.3) is 0 Å². The first kappa shape index (κ1) is 18.2. The first-order valence-electron chi connectivity index (χ1n) is 7.47. The van der Waals surface area contributed by atoms with Gasteiger partial charge in [0.1, 0.15) is 11.6 Å². The number of hydrogen-bond donors (Lipinski definition) is 3. The van der Waals surface area contributed by atoms with Crippen LogP contribution >= 0.6 is 0 Å². The third kappa shape index (κ3) is 7.14. The van der Waals surface area contributed by atoms with Crippen molar-refractivity contribution in [3.8, 4) is 6.07 Å². The molecular formula is C17H21N3O3. The Morgan fingerprint density at radius 3 is 2.65 bits per heavy atom. The average molecular weight is 315 g/mol. The van der Waals surface area contributed by atoms with Crippen molar-refractivity contribution in [1.29, 1.82) is 5.26 Å². The van der Waals surface area contributed by atoms with Gasteiger partial charge in [0.25, 0.3) is 5.91 Å². The van der Waals surface area contributed by atoms with Gasteiger partial charge in [0, 0.05) is 24.9 Å². The van der Waals surface area contributed by atoms with Crippen LogP contribution in [0.3, 0.4) is 0 Å². The molecule has 1 rings (SSSR count). The fourth-order valence-corrected chi connectivity index (χ4v) is 1.91. The fourth-order valence-electron chi connectivity index (χ4n) is 1.91. The summed E-state index contributed by atoms with van der Waals surface area (Å²) in [5.41, 5.74) is 1.59. The van der Waals surface area contributed by atoms with Gasteiger partial charge in [-0.15, -0.1) is 0 Å². The van der Waals surface area contributed by atoms with Crippen molar-refractivity contribution in [3.63, 3.8) is 0 Å². The molecule has 6 heteroatoms. The summed E-state index contributed by atoms with van der Waals surface area (Å²) in [4.78, 5) is 22.4. The summed E-state index contributed by atoms with van der Waals surface area (Å²) < 4.78 is 0. The minimum Gasteiger partial charge on any atom is -0.481 e. The summed E-state index contributed by atoms with van der Waals surface area (Å²) in [6.45, 7) is 2.46. The molecule has 6 nitrogen and oxygen atoms in total. The predicted octanol–water partition coefficient (Wildman–Crippen LogP) is 2.58. The molecule has 0 atom stereocenters. The van der Waals surface area contributed by atoms with Crippen LogP contribution in [0.1, 0.15) is 31.2 Å². The number of carboxylic acid groups (broad SMARTS) is 1. The van der Waals surface area contributed by atoms with E-state index in [1.807, 2.05) is 31.2 Å². The van der Waals surface area contributed by atoms with E-state index in [0.717, 1.165) is 18.4 Å². The molecule has 1 aromatic rings. The minimum absolute atomic E-state index is 0.00112. The molecule has 3 N–H and O–H groups in total. The van der Waals surface area contributed by atoms with Crippen molar-refractivity contribution in [2.45, 2.75) is 32.6 Å². The molecule has 0 saturated heterocycles. The maximum Gasteiger partial charge on any atom is 0.303 e. The summed E-state index contributed by atoms with van der Waals surface area (Å²) in [6.07, 6.45) is 3.74. The average Bonchev–Trinajstić information content (AvgIpc) is 2.52. The maximum atomic E-state index is 12.0. The molecule has 1 aromatic carbocycles. The zero-order chi connectivity index (χ0) is 17.1. The Bertz CT molecular complexity index is 618. The van der Waals surface area contributed by atoms with E-state index in [0.29, 0.717) is 18.7 Å². The van der Waals surface area contributed by atoms with E-state index >= 15 is 0 Å². The number of carbonyl (C=O) groups excluding carboxylic acids is 1. The zero-order valence-corrected chi connectivity index (χ0v) is 13.1. The quantitative estimate of drug-likeness (QED) is 0.369. The van der Waals surface area contributed by atoms with Crippen LogP contribution in [0, 0.1) is 18.3 Å². The Morgan fingerprint density at radius 1 is 1.26 bits per heavy atom. The fraction of sp³-hybridized carbons (Fsp3) is 0.353. The summed E-state index contributed by atoms with van der Waals surface area (Å²) in [5, 5.41) is 23.2. The Hall–Kier alpha value is -2.81. The van der Waals surface area contributed by atoms with Gasteiger partial charge in [-0.25, -0.2) is 0 Å².